The molecule has 35 heavy (non-hydrogen) atoms. The Morgan fingerprint density at radius 1 is 0.971 bits per heavy atom. The number of hydrogen-bond acceptors (Lipinski definition) is 6. The Bertz CT molecular complexity index is 865. The highest BCUT2D eigenvalue weighted by molar-refractivity contribution is 7.17. The largest absolute Gasteiger partial charge is 0.493 e. The Labute approximate surface area is 228 Å². The van der Waals surface area contributed by atoms with Crippen LogP contribution in [0.25, 0.3) is 10.4 Å². The highest BCUT2D eigenvalue weighted by Crippen LogP contribution is 2.35. The molecule has 2 rings (SSSR count). The van der Waals surface area contributed by atoms with Crippen LogP contribution in [-0.2, 0) is 0 Å². The first-order chi connectivity index (χ1) is 15.8. The molecular weight excluding hydrogens is 505 g/mol. The number of thiophene rings is 1. The van der Waals surface area contributed by atoms with Gasteiger partial charge in [0.2, 0.25) is 0 Å². The number of halogens is 2. The first-order valence-electron chi connectivity index (χ1n) is 12.0. The van der Waals surface area contributed by atoms with Crippen LogP contribution in [0.15, 0.2) is 30.3 Å². The smallest absolute Gasteiger partial charge is 0.261 e. The fraction of sp³-hybridized carbons (Fsp3) is 0.577. The monoisotopic (exact) mass is 547 g/mol. The van der Waals surface area contributed by atoms with Gasteiger partial charge in [0, 0.05) is 36.6 Å². The molecule has 0 fully saturated rings. The summed E-state index contributed by atoms with van der Waals surface area (Å²) in [6, 6.07) is 10.7. The fourth-order valence-corrected chi connectivity index (χ4v) is 4.80. The molecule has 6 nitrogen and oxygen atoms in total. The van der Waals surface area contributed by atoms with E-state index in [1.54, 1.807) is 7.11 Å². The van der Waals surface area contributed by atoms with E-state index in [2.05, 4.69) is 56.7 Å². The third-order valence-corrected chi connectivity index (χ3v) is 6.95. The highest BCUT2D eigenvalue weighted by atomic mass is 35.5. The Kier molecular flexibility index (Phi) is 16.3. The van der Waals surface area contributed by atoms with Crippen LogP contribution < -0.4 is 14.8 Å². The molecule has 2 aromatic rings. The molecule has 0 radical (unpaired) electrons. The van der Waals surface area contributed by atoms with Gasteiger partial charge in [0.1, 0.15) is 6.61 Å². The molecule has 0 atom stereocenters. The highest BCUT2D eigenvalue weighted by Gasteiger charge is 2.15. The molecule has 1 N–H and O–H groups in total. The summed E-state index contributed by atoms with van der Waals surface area (Å²) < 4.78 is 11.5. The summed E-state index contributed by atoms with van der Waals surface area (Å²) in [5, 5.41) is 3.06. The Balaban J connectivity index is 0.00000578. The van der Waals surface area contributed by atoms with Crippen LogP contribution in [0.1, 0.15) is 51.2 Å². The van der Waals surface area contributed by atoms with Gasteiger partial charge < -0.3 is 19.7 Å². The van der Waals surface area contributed by atoms with Crippen molar-refractivity contribution in [2.75, 3.05) is 46.4 Å². The molecule has 9 heteroatoms. The molecule has 0 aliphatic carbocycles. The van der Waals surface area contributed by atoms with Crippen molar-refractivity contribution in [3.05, 3.63) is 35.2 Å². The molecule has 0 spiro atoms. The lowest BCUT2D eigenvalue weighted by molar-refractivity contribution is 0.0943. The first-order valence-corrected chi connectivity index (χ1v) is 12.8. The number of nitrogens with one attached hydrogen (secondary N) is 1. The molecule has 1 amide bonds. The van der Waals surface area contributed by atoms with Crippen molar-refractivity contribution < 1.29 is 14.3 Å². The summed E-state index contributed by atoms with van der Waals surface area (Å²) in [4.78, 5) is 19.1. The van der Waals surface area contributed by atoms with Crippen molar-refractivity contribution >= 4 is 42.1 Å². The van der Waals surface area contributed by atoms with Gasteiger partial charge >= 0.3 is 0 Å². The Hall–Kier alpha value is -1.51. The van der Waals surface area contributed by atoms with Crippen LogP contribution in [0.2, 0.25) is 0 Å². The standard InChI is InChI=1S/C26H41N3O3S.2ClH/c1-8-28(9-2)16-17-32-22-11-10-21(18-23(22)31-7)24-12-13-25(33-24)26(30)27-14-15-29(19(3)4)20(5)6;;/h10-13,18-20H,8-9,14-17H2,1-7H3,(H,27,30);2*1H. The number of carbonyl (C=O) groups excluding carboxylic acids is 1. The second-order valence-electron chi connectivity index (χ2n) is 8.59. The topological polar surface area (TPSA) is 54.0 Å². The lowest BCUT2D eigenvalue weighted by atomic mass is 10.1. The van der Waals surface area contributed by atoms with Crippen LogP contribution in [-0.4, -0.2) is 74.2 Å². The molecule has 1 heterocycles. The third kappa shape index (κ3) is 10.2. The average molecular weight is 549 g/mol. The minimum Gasteiger partial charge on any atom is -0.493 e. The van der Waals surface area contributed by atoms with E-state index in [1.807, 2.05) is 30.3 Å². The number of amides is 1. The molecule has 0 bridgehead atoms. The average Bonchev–Trinajstić information content (AvgIpc) is 3.29. The summed E-state index contributed by atoms with van der Waals surface area (Å²) in [7, 11) is 1.65. The first kappa shape index (κ1) is 33.5. The van der Waals surface area contributed by atoms with E-state index < -0.39 is 0 Å². The van der Waals surface area contributed by atoms with E-state index in [0.717, 1.165) is 42.4 Å². The maximum Gasteiger partial charge on any atom is 0.261 e. The molecule has 0 saturated heterocycles. The van der Waals surface area contributed by atoms with Gasteiger partial charge in [0.05, 0.1) is 12.0 Å². The van der Waals surface area contributed by atoms with E-state index in [-0.39, 0.29) is 30.7 Å². The third-order valence-electron chi connectivity index (χ3n) is 5.82. The lowest BCUT2D eigenvalue weighted by Gasteiger charge is -2.30. The summed E-state index contributed by atoms with van der Waals surface area (Å²) >= 11 is 1.49. The quantitative estimate of drug-likeness (QED) is 0.322. The number of benzene rings is 1. The molecule has 0 unspecified atom stereocenters. The molecule has 0 saturated carbocycles. The zero-order valence-electron chi connectivity index (χ0n) is 22.1. The van der Waals surface area contributed by atoms with Crippen molar-refractivity contribution in [2.45, 2.75) is 53.6 Å². The number of rotatable bonds is 14. The van der Waals surface area contributed by atoms with Crippen molar-refractivity contribution in [2.24, 2.45) is 0 Å². The summed E-state index contributed by atoms with van der Waals surface area (Å²) in [6.07, 6.45) is 0. The van der Waals surface area contributed by atoms with Crippen molar-refractivity contribution in [1.82, 2.24) is 15.1 Å². The molecule has 1 aromatic carbocycles. The Morgan fingerprint density at radius 3 is 2.20 bits per heavy atom. The van der Waals surface area contributed by atoms with Gasteiger partial charge in [-0.25, -0.2) is 0 Å². The molecule has 200 valence electrons. The van der Waals surface area contributed by atoms with E-state index in [0.29, 0.717) is 35.9 Å². The van der Waals surface area contributed by atoms with Crippen LogP contribution in [0.3, 0.4) is 0 Å². The predicted molar refractivity (Wildman–Crippen MR) is 153 cm³/mol. The number of hydrogen-bond donors (Lipinski definition) is 1. The van der Waals surface area contributed by atoms with Crippen molar-refractivity contribution in [3.8, 4) is 21.9 Å². The van der Waals surface area contributed by atoms with Crippen LogP contribution >= 0.6 is 36.2 Å². The van der Waals surface area contributed by atoms with E-state index in [4.69, 9.17) is 9.47 Å². The number of methoxy groups -OCH3 is 1. The second kappa shape index (κ2) is 17.0. The lowest BCUT2D eigenvalue weighted by Crippen LogP contribution is -2.42. The Morgan fingerprint density at radius 2 is 1.63 bits per heavy atom. The van der Waals surface area contributed by atoms with Gasteiger partial charge in [0.15, 0.2) is 11.5 Å². The van der Waals surface area contributed by atoms with Crippen molar-refractivity contribution in [3.63, 3.8) is 0 Å². The van der Waals surface area contributed by atoms with Gasteiger partial charge in [-0.05, 0) is 76.7 Å². The van der Waals surface area contributed by atoms with E-state index in [1.165, 1.54) is 11.3 Å². The van der Waals surface area contributed by atoms with Crippen molar-refractivity contribution in [1.29, 1.82) is 0 Å². The predicted octanol–water partition coefficient (Wildman–Crippen LogP) is 5.84. The number of nitrogens with zero attached hydrogens (tertiary/aromatic N) is 2. The van der Waals surface area contributed by atoms with Gasteiger partial charge in [-0.3, -0.25) is 9.69 Å². The summed E-state index contributed by atoms with van der Waals surface area (Å²) in [5.41, 5.74) is 1.01. The van der Waals surface area contributed by atoms with E-state index in [9.17, 15) is 4.79 Å². The SMILES string of the molecule is CCN(CC)CCOc1ccc(-c2ccc(C(=O)NCCN(C(C)C)C(C)C)s2)cc1OC.Cl.Cl. The fourth-order valence-electron chi connectivity index (χ4n) is 3.88. The minimum absolute atomic E-state index is 0. The van der Waals surface area contributed by atoms with E-state index >= 15 is 0 Å². The normalized spacial score (nSPS) is 10.9. The number of carbonyl (C=O) groups is 1. The van der Waals surface area contributed by atoms with Gasteiger partial charge in [-0.2, -0.15) is 0 Å². The molecule has 0 aliphatic heterocycles. The molecule has 1 aromatic heterocycles. The van der Waals surface area contributed by atoms with Crippen LogP contribution in [0.4, 0.5) is 0 Å². The molecule has 0 aliphatic rings. The maximum atomic E-state index is 12.6. The van der Waals surface area contributed by atoms with Gasteiger partial charge in [-0.15, -0.1) is 36.2 Å². The number of likely N-dealkylation sites (N-methyl/N-ethyl adjacent to an activating group) is 1. The van der Waals surface area contributed by atoms with Crippen LogP contribution in [0.5, 0.6) is 11.5 Å². The zero-order chi connectivity index (χ0) is 24.4. The zero-order valence-corrected chi connectivity index (χ0v) is 24.6. The minimum atomic E-state index is -0.0259. The van der Waals surface area contributed by atoms with Gasteiger partial charge in [-0.1, -0.05) is 13.8 Å². The van der Waals surface area contributed by atoms with Crippen LogP contribution in [0, 0.1) is 0 Å². The van der Waals surface area contributed by atoms with Gasteiger partial charge in [0.25, 0.3) is 5.91 Å². The summed E-state index contributed by atoms with van der Waals surface area (Å²) in [6.45, 7) is 18.0. The number of ether oxygens (including phenoxy) is 2. The maximum absolute atomic E-state index is 12.6. The molecular formula is C26H43Cl2N3O3S. The second-order valence-corrected chi connectivity index (χ2v) is 9.67. The summed E-state index contributed by atoms with van der Waals surface area (Å²) in [5.74, 6) is 1.42.